The van der Waals surface area contributed by atoms with Gasteiger partial charge in [-0.25, -0.2) is 4.99 Å². The van der Waals surface area contributed by atoms with Gasteiger partial charge in [-0.1, -0.05) is 35.3 Å². The molecule has 17 heavy (non-hydrogen) atoms. The van der Waals surface area contributed by atoms with Gasteiger partial charge in [-0.2, -0.15) is 0 Å². The molecule has 0 amide bonds. The summed E-state index contributed by atoms with van der Waals surface area (Å²) in [6.45, 7) is 6.22. The quantitative estimate of drug-likeness (QED) is 0.449. The van der Waals surface area contributed by atoms with Gasteiger partial charge in [-0.3, -0.25) is 0 Å². The van der Waals surface area contributed by atoms with Crippen molar-refractivity contribution in [2.24, 2.45) is 4.99 Å². The molecule has 1 aromatic carbocycles. The molecule has 0 bridgehead atoms. The highest BCUT2D eigenvalue weighted by molar-refractivity contribution is 6.70. The first kappa shape index (κ1) is 14.3. The van der Waals surface area contributed by atoms with Gasteiger partial charge in [0, 0.05) is 11.2 Å². The minimum absolute atomic E-state index is 0.445. The Labute approximate surface area is 113 Å². The van der Waals surface area contributed by atoms with E-state index in [1.54, 1.807) is 6.21 Å². The number of rotatable bonds is 4. The smallest absolute Gasteiger partial charge is 0.244 e. The van der Waals surface area contributed by atoms with Crippen molar-refractivity contribution in [2.75, 3.05) is 0 Å². The second-order valence-electron chi connectivity index (χ2n) is 4.47. The average Bonchev–Trinajstić information content (AvgIpc) is 2.25. The summed E-state index contributed by atoms with van der Waals surface area (Å²) >= 11 is 11.5. The van der Waals surface area contributed by atoms with Crippen LogP contribution >= 0.6 is 23.2 Å². The van der Waals surface area contributed by atoms with Crippen molar-refractivity contribution in [1.82, 2.24) is 0 Å². The number of nitrogens with zero attached hydrogens (tertiary/aromatic N) is 1. The molecule has 0 saturated carbocycles. The molecule has 0 unspecified atom stereocenters. The number of benzene rings is 1. The maximum Gasteiger partial charge on any atom is 0.244 e. The number of aliphatic imine (C=N–C) groups is 1. The van der Waals surface area contributed by atoms with E-state index in [1.165, 1.54) is 5.54 Å². The third-order valence-electron chi connectivity index (χ3n) is 1.71. The van der Waals surface area contributed by atoms with Crippen molar-refractivity contribution in [3.63, 3.8) is 0 Å². The maximum absolute atomic E-state index is 5.79. The summed E-state index contributed by atoms with van der Waals surface area (Å²) in [6.07, 6.45) is 1.70. The van der Waals surface area contributed by atoms with Crippen LogP contribution in [0.15, 0.2) is 40.7 Å². The normalized spacial score (nSPS) is 13.1. The summed E-state index contributed by atoms with van der Waals surface area (Å²) in [4.78, 5) is 4.20. The topological polar surface area (TPSA) is 21.6 Å². The molecular formula is C12H15Cl2NOSi. The first-order chi connectivity index (χ1) is 7.90. The summed E-state index contributed by atoms with van der Waals surface area (Å²) in [5, 5.41) is 0.702. The number of hydrogen-bond donors (Lipinski definition) is 0. The summed E-state index contributed by atoms with van der Waals surface area (Å²) in [5.74, 6) is 0.445. The van der Waals surface area contributed by atoms with Crippen molar-refractivity contribution in [1.29, 1.82) is 0 Å². The summed E-state index contributed by atoms with van der Waals surface area (Å²) in [5.41, 5.74) is 2.30. The molecule has 1 rings (SSSR count). The van der Waals surface area contributed by atoms with Crippen LogP contribution in [0.25, 0.3) is 0 Å². The van der Waals surface area contributed by atoms with Gasteiger partial charge in [0.1, 0.15) is 0 Å². The van der Waals surface area contributed by atoms with Crippen LogP contribution in [0.4, 0.5) is 0 Å². The zero-order valence-electron chi connectivity index (χ0n) is 10.1. The van der Waals surface area contributed by atoms with E-state index in [-0.39, 0.29) is 0 Å². The average molecular weight is 288 g/mol. The minimum Gasteiger partial charge on any atom is -0.531 e. The van der Waals surface area contributed by atoms with Crippen LogP contribution in [0.1, 0.15) is 5.56 Å². The third-order valence-corrected chi connectivity index (χ3v) is 2.98. The molecule has 0 aliphatic rings. The van der Waals surface area contributed by atoms with Gasteiger partial charge in [0.05, 0.1) is 5.54 Å². The lowest BCUT2D eigenvalue weighted by Gasteiger charge is -2.18. The molecule has 0 aliphatic carbocycles. The largest absolute Gasteiger partial charge is 0.531 e. The molecule has 5 heteroatoms. The van der Waals surface area contributed by atoms with E-state index >= 15 is 0 Å². The van der Waals surface area contributed by atoms with E-state index in [4.69, 9.17) is 27.6 Å². The molecule has 0 aromatic heterocycles. The predicted molar refractivity (Wildman–Crippen MR) is 77.4 cm³/mol. The SMILES string of the molecule is C[Si](C)(C)OC(=C\Cl)/N=C/c1ccc(Cl)cc1. The Morgan fingerprint density at radius 1 is 1.24 bits per heavy atom. The Morgan fingerprint density at radius 2 is 1.82 bits per heavy atom. The summed E-state index contributed by atoms with van der Waals surface area (Å²) < 4.78 is 5.68. The van der Waals surface area contributed by atoms with Crippen LogP contribution in [0, 0.1) is 0 Å². The zero-order valence-corrected chi connectivity index (χ0v) is 12.6. The Hall–Kier alpha value is -0.773. The lowest BCUT2D eigenvalue weighted by molar-refractivity contribution is 0.419. The second-order valence-corrected chi connectivity index (χ2v) is 9.56. The van der Waals surface area contributed by atoms with Crippen LogP contribution < -0.4 is 0 Å². The molecule has 0 fully saturated rings. The van der Waals surface area contributed by atoms with Gasteiger partial charge in [0.15, 0.2) is 0 Å². The number of hydrogen-bond acceptors (Lipinski definition) is 2. The molecule has 0 N–H and O–H groups in total. The predicted octanol–water partition coefficient (Wildman–Crippen LogP) is 4.65. The first-order valence-electron chi connectivity index (χ1n) is 5.20. The van der Waals surface area contributed by atoms with Crippen molar-refractivity contribution in [2.45, 2.75) is 19.6 Å². The molecule has 0 atom stereocenters. The van der Waals surface area contributed by atoms with E-state index in [0.29, 0.717) is 10.9 Å². The number of halogens is 2. The Balaban J connectivity index is 2.72. The molecular weight excluding hydrogens is 273 g/mol. The van der Waals surface area contributed by atoms with E-state index in [1.807, 2.05) is 24.3 Å². The highest BCUT2D eigenvalue weighted by Gasteiger charge is 2.16. The molecule has 0 radical (unpaired) electrons. The molecule has 2 nitrogen and oxygen atoms in total. The van der Waals surface area contributed by atoms with Crippen molar-refractivity contribution in [3.05, 3.63) is 46.3 Å². The van der Waals surface area contributed by atoms with Crippen molar-refractivity contribution < 1.29 is 4.43 Å². The van der Waals surface area contributed by atoms with Gasteiger partial charge in [-0.05, 0) is 37.3 Å². The van der Waals surface area contributed by atoms with Gasteiger partial charge in [0.25, 0.3) is 0 Å². The Morgan fingerprint density at radius 3 is 2.29 bits per heavy atom. The minimum atomic E-state index is -1.68. The van der Waals surface area contributed by atoms with Crippen LogP contribution in [0.5, 0.6) is 0 Å². The lowest BCUT2D eigenvalue weighted by Crippen LogP contribution is -2.24. The van der Waals surface area contributed by atoms with Gasteiger partial charge >= 0.3 is 0 Å². The second kappa shape index (κ2) is 6.24. The molecule has 92 valence electrons. The van der Waals surface area contributed by atoms with Gasteiger partial charge in [-0.15, -0.1) is 0 Å². The van der Waals surface area contributed by atoms with Crippen LogP contribution in [-0.2, 0) is 4.43 Å². The standard InChI is InChI=1S/C12H15Cl2NOSi/c1-17(2,3)16-12(8-13)15-9-10-4-6-11(14)7-5-10/h4-9H,1-3H3/b12-8-,15-9+. The maximum atomic E-state index is 5.79. The van der Waals surface area contributed by atoms with Gasteiger partial charge < -0.3 is 4.43 Å². The fourth-order valence-corrected chi connectivity index (χ4v) is 2.12. The van der Waals surface area contributed by atoms with Gasteiger partial charge in [0.2, 0.25) is 14.2 Å². The monoisotopic (exact) mass is 287 g/mol. The highest BCUT2D eigenvalue weighted by Crippen LogP contribution is 2.13. The highest BCUT2D eigenvalue weighted by atomic mass is 35.5. The van der Waals surface area contributed by atoms with Crippen LogP contribution in [-0.4, -0.2) is 14.5 Å². The van der Waals surface area contributed by atoms with Crippen molar-refractivity contribution in [3.8, 4) is 0 Å². The molecule has 0 saturated heterocycles. The summed E-state index contributed by atoms with van der Waals surface area (Å²) in [6, 6.07) is 7.39. The fraction of sp³-hybridized carbons (Fsp3) is 0.250. The van der Waals surface area contributed by atoms with Crippen LogP contribution in [0.3, 0.4) is 0 Å². The molecule has 0 aliphatic heterocycles. The van der Waals surface area contributed by atoms with E-state index in [0.717, 1.165) is 5.56 Å². The molecule has 0 spiro atoms. The van der Waals surface area contributed by atoms with E-state index in [2.05, 4.69) is 24.6 Å². The molecule has 1 aromatic rings. The third kappa shape index (κ3) is 5.91. The van der Waals surface area contributed by atoms with E-state index < -0.39 is 8.32 Å². The van der Waals surface area contributed by atoms with Crippen molar-refractivity contribution >= 4 is 37.7 Å². The zero-order chi connectivity index (χ0) is 12.9. The lowest BCUT2D eigenvalue weighted by atomic mass is 10.2. The van der Waals surface area contributed by atoms with E-state index in [9.17, 15) is 0 Å². The molecule has 0 heterocycles. The Bertz CT molecular complexity index is 421. The fourth-order valence-electron chi connectivity index (χ4n) is 1.08. The first-order valence-corrected chi connectivity index (χ1v) is 9.42. The van der Waals surface area contributed by atoms with Crippen LogP contribution in [0.2, 0.25) is 24.7 Å². The summed E-state index contributed by atoms with van der Waals surface area (Å²) in [7, 11) is -1.68. The Kier molecular flexibility index (Phi) is 5.24.